The number of likely N-dealkylation sites (tertiary alicyclic amines) is 1. The Kier molecular flexibility index (Phi) is 4.47. The highest BCUT2D eigenvalue weighted by molar-refractivity contribution is 7.13. The van der Waals surface area contributed by atoms with Crippen LogP contribution in [0.25, 0.3) is 10.8 Å². The number of hydrogen-bond acceptors (Lipinski definition) is 5. The maximum atomic E-state index is 12.4. The maximum Gasteiger partial charge on any atom is 0.305 e. The summed E-state index contributed by atoms with van der Waals surface area (Å²) in [5.74, 6) is 0.609. The van der Waals surface area contributed by atoms with Crippen molar-refractivity contribution in [3.05, 3.63) is 29.0 Å². The molecule has 3 rings (SSSR count). The quantitative estimate of drug-likeness (QED) is 0.909. The molecule has 1 saturated heterocycles. The summed E-state index contributed by atoms with van der Waals surface area (Å²) < 4.78 is 5.54. The molecule has 2 aromatic heterocycles. The predicted octanol–water partition coefficient (Wildman–Crippen LogP) is 2.72. The SMILES string of the molecule is Cc1ccc(-c2nc(CC(=O)N3CCCC3CC(=O)O)cs2)o1. The molecule has 2 aromatic rings. The molecule has 1 aliphatic heterocycles. The highest BCUT2D eigenvalue weighted by Gasteiger charge is 2.30. The smallest absolute Gasteiger partial charge is 0.305 e. The highest BCUT2D eigenvalue weighted by atomic mass is 32.1. The number of thiazole rings is 1. The van der Waals surface area contributed by atoms with Crippen LogP contribution in [-0.2, 0) is 16.0 Å². The van der Waals surface area contributed by atoms with E-state index >= 15 is 0 Å². The van der Waals surface area contributed by atoms with Crippen LogP contribution >= 0.6 is 11.3 Å². The largest absolute Gasteiger partial charge is 0.481 e. The minimum Gasteiger partial charge on any atom is -0.481 e. The Morgan fingerprint density at radius 3 is 3.00 bits per heavy atom. The van der Waals surface area contributed by atoms with Crippen molar-refractivity contribution in [3.63, 3.8) is 0 Å². The van der Waals surface area contributed by atoms with E-state index < -0.39 is 5.97 Å². The van der Waals surface area contributed by atoms with Crippen molar-refractivity contribution >= 4 is 23.2 Å². The first-order chi connectivity index (χ1) is 11.0. The third kappa shape index (κ3) is 3.61. The van der Waals surface area contributed by atoms with Gasteiger partial charge in [-0.25, -0.2) is 4.98 Å². The van der Waals surface area contributed by atoms with Gasteiger partial charge in [0.05, 0.1) is 18.5 Å². The number of carboxylic acid groups (broad SMARTS) is 1. The molecule has 122 valence electrons. The first kappa shape index (κ1) is 15.7. The van der Waals surface area contributed by atoms with E-state index in [1.54, 1.807) is 4.90 Å². The van der Waals surface area contributed by atoms with Gasteiger partial charge in [0.15, 0.2) is 10.8 Å². The fourth-order valence-electron chi connectivity index (χ4n) is 2.89. The van der Waals surface area contributed by atoms with Gasteiger partial charge in [0.2, 0.25) is 5.91 Å². The molecule has 1 atom stereocenters. The van der Waals surface area contributed by atoms with Crippen LogP contribution in [-0.4, -0.2) is 39.5 Å². The summed E-state index contributed by atoms with van der Waals surface area (Å²) >= 11 is 1.44. The summed E-state index contributed by atoms with van der Waals surface area (Å²) in [6.07, 6.45) is 1.83. The summed E-state index contributed by atoms with van der Waals surface area (Å²) in [4.78, 5) is 29.5. The molecule has 1 unspecified atom stereocenters. The number of carboxylic acids is 1. The van der Waals surface area contributed by atoms with E-state index in [0.29, 0.717) is 18.0 Å². The zero-order chi connectivity index (χ0) is 16.4. The van der Waals surface area contributed by atoms with Gasteiger partial charge in [-0.2, -0.15) is 0 Å². The van der Waals surface area contributed by atoms with Crippen LogP contribution in [0.1, 0.15) is 30.7 Å². The lowest BCUT2D eigenvalue weighted by atomic mass is 10.1. The van der Waals surface area contributed by atoms with Crippen molar-refractivity contribution < 1.29 is 19.1 Å². The molecule has 0 saturated carbocycles. The van der Waals surface area contributed by atoms with E-state index in [4.69, 9.17) is 9.52 Å². The van der Waals surface area contributed by atoms with Gasteiger partial charge in [0.1, 0.15) is 5.76 Å². The maximum absolute atomic E-state index is 12.4. The molecule has 0 aromatic carbocycles. The third-order valence-electron chi connectivity index (χ3n) is 3.94. The van der Waals surface area contributed by atoms with E-state index in [2.05, 4.69) is 4.98 Å². The Labute approximate surface area is 137 Å². The monoisotopic (exact) mass is 334 g/mol. The van der Waals surface area contributed by atoms with Crippen LogP contribution in [0.5, 0.6) is 0 Å². The lowest BCUT2D eigenvalue weighted by molar-refractivity contribution is -0.139. The fourth-order valence-corrected chi connectivity index (χ4v) is 3.66. The number of aromatic nitrogens is 1. The Bertz CT molecular complexity index is 721. The molecule has 0 aliphatic carbocycles. The van der Waals surface area contributed by atoms with Crippen LogP contribution in [0.2, 0.25) is 0 Å². The summed E-state index contributed by atoms with van der Waals surface area (Å²) in [6, 6.07) is 3.55. The Hall–Kier alpha value is -2.15. The highest BCUT2D eigenvalue weighted by Crippen LogP contribution is 2.27. The average Bonchev–Trinajstić information content (AvgIpc) is 3.18. The lowest BCUT2D eigenvalue weighted by Crippen LogP contribution is -2.37. The van der Waals surface area contributed by atoms with Crippen LogP contribution in [0.4, 0.5) is 0 Å². The predicted molar refractivity (Wildman–Crippen MR) is 85.2 cm³/mol. The molecule has 0 bridgehead atoms. The zero-order valence-corrected chi connectivity index (χ0v) is 13.6. The van der Waals surface area contributed by atoms with Crippen molar-refractivity contribution in [3.8, 4) is 10.8 Å². The average molecular weight is 334 g/mol. The molecule has 0 spiro atoms. The van der Waals surface area contributed by atoms with Gasteiger partial charge in [0.25, 0.3) is 0 Å². The number of amides is 1. The number of aliphatic carboxylic acids is 1. The number of hydrogen-bond donors (Lipinski definition) is 1. The first-order valence-corrected chi connectivity index (χ1v) is 8.43. The number of rotatable bonds is 5. The van der Waals surface area contributed by atoms with Crippen molar-refractivity contribution in [1.29, 1.82) is 0 Å². The Morgan fingerprint density at radius 1 is 1.48 bits per heavy atom. The minimum absolute atomic E-state index is 0.0136. The van der Waals surface area contributed by atoms with Crippen molar-refractivity contribution in [2.75, 3.05) is 6.54 Å². The molecule has 7 heteroatoms. The topological polar surface area (TPSA) is 83.6 Å². The van der Waals surface area contributed by atoms with E-state index in [9.17, 15) is 9.59 Å². The molecular formula is C16H18N2O4S. The van der Waals surface area contributed by atoms with Gasteiger partial charge >= 0.3 is 5.97 Å². The molecule has 6 nitrogen and oxygen atoms in total. The van der Waals surface area contributed by atoms with E-state index in [0.717, 1.165) is 23.6 Å². The number of aryl methyl sites for hydroxylation is 1. The lowest BCUT2D eigenvalue weighted by Gasteiger charge is -2.23. The van der Waals surface area contributed by atoms with Crippen LogP contribution in [0.15, 0.2) is 21.9 Å². The zero-order valence-electron chi connectivity index (χ0n) is 12.8. The normalized spacial score (nSPS) is 17.6. The van der Waals surface area contributed by atoms with Crippen molar-refractivity contribution in [2.45, 2.75) is 38.6 Å². The van der Waals surface area contributed by atoms with E-state index in [1.807, 2.05) is 24.4 Å². The van der Waals surface area contributed by atoms with Crippen LogP contribution < -0.4 is 0 Å². The second-order valence-electron chi connectivity index (χ2n) is 5.71. The molecule has 1 fully saturated rings. The van der Waals surface area contributed by atoms with Crippen LogP contribution in [0, 0.1) is 6.92 Å². The molecule has 23 heavy (non-hydrogen) atoms. The molecule has 1 amide bonds. The van der Waals surface area contributed by atoms with Gasteiger partial charge in [-0.05, 0) is 31.9 Å². The standard InChI is InChI=1S/C16H18N2O4S/c1-10-4-5-13(22-10)16-17-11(9-23-16)7-14(19)18-6-2-3-12(18)8-15(20)21/h4-5,9,12H,2-3,6-8H2,1H3,(H,20,21). The van der Waals surface area contributed by atoms with Crippen molar-refractivity contribution in [2.24, 2.45) is 0 Å². The summed E-state index contributed by atoms with van der Waals surface area (Å²) in [7, 11) is 0. The van der Waals surface area contributed by atoms with Crippen molar-refractivity contribution in [1.82, 2.24) is 9.88 Å². The second kappa shape index (κ2) is 6.54. The number of furan rings is 1. The van der Waals surface area contributed by atoms with Gasteiger partial charge < -0.3 is 14.4 Å². The third-order valence-corrected chi connectivity index (χ3v) is 4.85. The summed E-state index contributed by atoms with van der Waals surface area (Å²) in [5.41, 5.74) is 0.699. The number of carbonyl (C=O) groups is 2. The molecule has 1 aliphatic rings. The second-order valence-corrected chi connectivity index (χ2v) is 6.57. The van der Waals surface area contributed by atoms with Gasteiger partial charge in [-0.1, -0.05) is 0 Å². The van der Waals surface area contributed by atoms with Crippen LogP contribution in [0.3, 0.4) is 0 Å². The number of carbonyl (C=O) groups excluding carboxylic acids is 1. The molecule has 0 radical (unpaired) electrons. The minimum atomic E-state index is -0.862. The number of nitrogens with zero attached hydrogens (tertiary/aromatic N) is 2. The van der Waals surface area contributed by atoms with Gasteiger partial charge in [-0.15, -0.1) is 11.3 Å². The van der Waals surface area contributed by atoms with Gasteiger partial charge in [-0.3, -0.25) is 9.59 Å². The van der Waals surface area contributed by atoms with E-state index in [1.165, 1.54) is 11.3 Å². The molecular weight excluding hydrogens is 316 g/mol. The first-order valence-electron chi connectivity index (χ1n) is 7.55. The van der Waals surface area contributed by atoms with Gasteiger partial charge in [0, 0.05) is 18.0 Å². The van der Waals surface area contributed by atoms with E-state index in [-0.39, 0.29) is 24.8 Å². The Morgan fingerprint density at radius 2 is 2.30 bits per heavy atom. The molecule has 3 heterocycles. The molecule has 1 N–H and O–H groups in total. The Balaban J connectivity index is 1.66. The summed E-state index contributed by atoms with van der Waals surface area (Å²) in [6.45, 7) is 2.50. The summed E-state index contributed by atoms with van der Waals surface area (Å²) in [5, 5.41) is 11.5. The fraction of sp³-hybridized carbons (Fsp3) is 0.438.